The Kier molecular flexibility index (Phi) is 28.8. The van der Waals surface area contributed by atoms with E-state index >= 15 is 0 Å². The molecule has 0 fully saturated rings. The number of hydrogen-bond acceptors (Lipinski definition) is 4. The molecule has 0 saturated carbocycles. The minimum Gasteiger partial charge on any atom is -0.481 e. The second kappa shape index (κ2) is 30.3. The number of rotatable bonds is 32. The molecule has 246 valence electrons. The number of hydrogen-bond donors (Lipinski definition) is 4. The lowest BCUT2D eigenvalue weighted by molar-refractivity contribution is -0.142. The van der Waals surface area contributed by atoms with Gasteiger partial charge in [-0.25, -0.2) is 4.79 Å². The van der Waals surface area contributed by atoms with E-state index in [0.717, 1.165) is 51.4 Å². The molecule has 0 spiro atoms. The maximum atomic E-state index is 12.2. The second-order valence-electron chi connectivity index (χ2n) is 12.0. The highest BCUT2D eigenvalue weighted by atomic mass is 16.4. The molecule has 4 N–H and O–H groups in total. The predicted octanol–water partition coefficient (Wildman–Crippen LogP) is 8.31. The van der Waals surface area contributed by atoms with Crippen LogP contribution in [0.25, 0.3) is 0 Å². The molecule has 0 aromatic rings. The molecule has 1 unspecified atom stereocenters. The summed E-state index contributed by atoms with van der Waals surface area (Å²) in [7, 11) is 0. The molecular formula is C34H64N2O6. The first-order valence-corrected chi connectivity index (χ1v) is 17.4. The summed E-state index contributed by atoms with van der Waals surface area (Å²) in [5.41, 5.74) is 0. The van der Waals surface area contributed by atoms with E-state index in [9.17, 15) is 24.3 Å². The van der Waals surface area contributed by atoms with Gasteiger partial charge in [-0.1, -0.05) is 135 Å². The van der Waals surface area contributed by atoms with Crippen molar-refractivity contribution >= 4 is 23.8 Å². The van der Waals surface area contributed by atoms with Crippen LogP contribution in [0.5, 0.6) is 0 Å². The van der Waals surface area contributed by atoms with Crippen LogP contribution in [0.15, 0.2) is 0 Å². The molecule has 8 nitrogen and oxygen atoms in total. The van der Waals surface area contributed by atoms with E-state index < -0.39 is 18.0 Å². The first kappa shape index (κ1) is 39.9. The van der Waals surface area contributed by atoms with Crippen molar-refractivity contribution in [1.82, 2.24) is 10.6 Å². The number of carboxylic acid groups (broad SMARTS) is 2. The van der Waals surface area contributed by atoms with Gasteiger partial charge in [0.1, 0.15) is 6.04 Å². The molecule has 0 heterocycles. The second-order valence-corrected chi connectivity index (χ2v) is 12.0. The monoisotopic (exact) mass is 596 g/mol. The predicted molar refractivity (Wildman–Crippen MR) is 171 cm³/mol. The fourth-order valence-corrected chi connectivity index (χ4v) is 5.23. The maximum absolute atomic E-state index is 12.2. The highest BCUT2D eigenvalue weighted by Crippen LogP contribution is 2.15. The van der Waals surface area contributed by atoms with Gasteiger partial charge in [-0.15, -0.1) is 0 Å². The van der Waals surface area contributed by atoms with Gasteiger partial charge in [-0.2, -0.15) is 0 Å². The summed E-state index contributed by atoms with van der Waals surface area (Å²) in [6, 6.07) is -1.01. The van der Waals surface area contributed by atoms with Crippen LogP contribution in [0, 0.1) is 0 Å². The van der Waals surface area contributed by atoms with Crippen molar-refractivity contribution in [3.05, 3.63) is 0 Å². The van der Waals surface area contributed by atoms with Crippen LogP contribution in [0.3, 0.4) is 0 Å². The number of carbonyl (C=O) groups is 4. The van der Waals surface area contributed by atoms with Crippen LogP contribution in [0.4, 0.5) is 0 Å². The fourth-order valence-electron chi connectivity index (χ4n) is 5.23. The topological polar surface area (TPSA) is 133 Å². The Morgan fingerprint density at radius 1 is 0.500 bits per heavy atom. The Balaban J connectivity index is 3.54. The van der Waals surface area contributed by atoms with Crippen LogP contribution in [-0.2, 0) is 19.2 Å². The summed E-state index contributed by atoms with van der Waals surface area (Å²) >= 11 is 0. The minimum atomic E-state index is -1.09. The molecule has 0 saturated heterocycles. The van der Waals surface area contributed by atoms with Gasteiger partial charge in [0.15, 0.2) is 0 Å². The normalized spacial score (nSPS) is 11.7. The third kappa shape index (κ3) is 29.4. The molecule has 8 heteroatoms. The van der Waals surface area contributed by atoms with Crippen molar-refractivity contribution in [3.63, 3.8) is 0 Å². The van der Waals surface area contributed by atoms with E-state index in [4.69, 9.17) is 5.11 Å². The molecule has 1 atom stereocenters. The van der Waals surface area contributed by atoms with E-state index in [2.05, 4.69) is 17.6 Å². The molecule has 0 aliphatic rings. The third-order valence-electron chi connectivity index (χ3n) is 7.94. The van der Waals surface area contributed by atoms with Crippen molar-refractivity contribution in [1.29, 1.82) is 0 Å². The zero-order chi connectivity index (χ0) is 31.1. The lowest BCUT2D eigenvalue weighted by Gasteiger charge is -2.14. The lowest BCUT2D eigenvalue weighted by atomic mass is 10.0. The standard InChI is InChI=1S/C34H64N2O6/c1-2-3-4-21-24-29-35-31(37)28-27-30(34(41)42)36-32(38)25-22-19-17-15-13-11-9-7-5-6-8-10-12-14-16-18-20-23-26-33(39)40/h30H,2-29H2,1H3,(H,35,37)(H,36,38)(H,39,40)(H,41,42). The van der Waals surface area contributed by atoms with Gasteiger partial charge in [-0.05, 0) is 25.7 Å². The summed E-state index contributed by atoms with van der Waals surface area (Å²) in [4.78, 5) is 46.2. The van der Waals surface area contributed by atoms with Gasteiger partial charge in [0, 0.05) is 25.8 Å². The highest BCUT2D eigenvalue weighted by Gasteiger charge is 2.20. The summed E-state index contributed by atoms with van der Waals surface area (Å²) in [6.45, 7) is 2.78. The Hall–Kier alpha value is -2.12. The quantitative estimate of drug-likeness (QED) is 0.0577. The molecule has 0 radical (unpaired) electrons. The highest BCUT2D eigenvalue weighted by molar-refractivity contribution is 5.84. The number of carbonyl (C=O) groups excluding carboxylic acids is 2. The van der Waals surface area contributed by atoms with Gasteiger partial charge >= 0.3 is 11.9 Å². The Morgan fingerprint density at radius 3 is 1.33 bits per heavy atom. The number of nitrogens with one attached hydrogen (secondary N) is 2. The van der Waals surface area contributed by atoms with Gasteiger partial charge in [0.05, 0.1) is 0 Å². The van der Waals surface area contributed by atoms with Gasteiger partial charge in [0.25, 0.3) is 0 Å². The molecule has 0 bridgehead atoms. The fraction of sp³-hybridized carbons (Fsp3) is 0.882. The molecule has 42 heavy (non-hydrogen) atoms. The molecule has 0 aromatic carbocycles. The average molecular weight is 597 g/mol. The molecule has 0 aliphatic carbocycles. The number of carboxylic acids is 2. The maximum Gasteiger partial charge on any atom is 0.326 e. The molecular weight excluding hydrogens is 532 g/mol. The van der Waals surface area contributed by atoms with E-state index in [1.807, 2.05) is 0 Å². The summed E-state index contributed by atoms with van der Waals surface area (Å²) in [5, 5.41) is 23.5. The van der Waals surface area contributed by atoms with Gasteiger partial charge in [-0.3, -0.25) is 14.4 Å². The SMILES string of the molecule is CCCCCCCNC(=O)CCC(NC(=O)CCCCCCCCCCCCCCCCCCCCC(=O)O)C(=O)O. The van der Waals surface area contributed by atoms with E-state index in [-0.39, 0.29) is 24.7 Å². The van der Waals surface area contributed by atoms with Crippen molar-refractivity contribution < 1.29 is 29.4 Å². The summed E-state index contributed by atoms with van der Waals surface area (Å²) in [6.07, 6.45) is 27.7. The van der Waals surface area contributed by atoms with Crippen molar-refractivity contribution in [2.75, 3.05) is 6.54 Å². The van der Waals surface area contributed by atoms with E-state index in [1.54, 1.807) is 0 Å². The Labute approximate surface area is 256 Å². The summed E-state index contributed by atoms with van der Waals surface area (Å²) in [5.74, 6) is -2.17. The third-order valence-corrected chi connectivity index (χ3v) is 7.94. The van der Waals surface area contributed by atoms with Crippen LogP contribution >= 0.6 is 0 Å². The van der Waals surface area contributed by atoms with E-state index in [1.165, 1.54) is 96.3 Å². The summed E-state index contributed by atoms with van der Waals surface area (Å²) < 4.78 is 0. The number of amides is 2. The smallest absolute Gasteiger partial charge is 0.326 e. The first-order valence-electron chi connectivity index (χ1n) is 17.4. The average Bonchev–Trinajstić information content (AvgIpc) is 2.95. The zero-order valence-electron chi connectivity index (χ0n) is 26.9. The molecule has 0 aliphatic heterocycles. The first-order chi connectivity index (χ1) is 20.4. The Morgan fingerprint density at radius 2 is 0.905 bits per heavy atom. The lowest BCUT2D eigenvalue weighted by Crippen LogP contribution is -2.41. The van der Waals surface area contributed by atoms with Gasteiger partial charge < -0.3 is 20.8 Å². The van der Waals surface area contributed by atoms with Gasteiger partial charge in [0.2, 0.25) is 11.8 Å². The molecule has 0 aromatic heterocycles. The zero-order valence-corrected chi connectivity index (χ0v) is 26.9. The van der Waals surface area contributed by atoms with E-state index in [0.29, 0.717) is 19.4 Å². The molecule has 2 amide bonds. The minimum absolute atomic E-state index is 0.103. The molecule has 0 rings (SSSR count). The van der Waals surface area contributed by atoms with Crippen molar-refractivity contribution in [2.45, 2.75) is 186 Å². The van der Waals surface area contributed by atoms with Crippen LogP contribution < -0.4 is 10.6 Å². The number of unbranched alkanes of at least 4 members (excludes halogenated alkanes) is 21. The van der Waals surface area contributed by atoms with Crippen LogP contribution in [-0.4, -0.2) is 46.6 Å². The number of aliphatic carboxylic acids is 2. The van der Waals surface area contributed by atoms with Crippen molar-refractivity contribution in [3.8, 4) is 0 Å². The van der Waals surface area contributed by atoms with Crippen LogP contribution in [0.2, 0.25) is 0 Å². The van der Waals surface area contributed by atoms with Crippen LogP contribution in [0.1, 0.15) is 180 Å². The largest absolute Gasteiger partial charge is 0.481 e. The Bertz CT molecular complexity index is 685. The van der Waals surface area contributed by atoms with Crippen molar-refractivity contribution in [2.24, 2.45) is 0 Å².